The first kappa shape index (κ1) is 28.4. The Balaban J connectivity index is 0.913. The van der Waals surface area contributed by atoms with E-state index in [-0.39, 0.29) is 0 Å². The lowest BCUT2D eigenvalue weighted by molar-refractivity contribution is -0.132. The van der Waals surface area contributed by atoms with Gasteiger partial charge in [0.05, 0.1) is 17.6 Å². The first-order valence-electron chi connectivity index (χ1n) is 15.3. The number of likely N-dealkylation sites (tertiary alicyclic amines) is 1. The summed E-state index contributed by atoms with van der Waals surface area (Å²) in [5.74, 6) is 2.77. The smallest absolute Gasteiger partial charge is 0.222 e. The molecule has 1 amide bonds. The number of nitrogens with one attached hydrogen (secondary N) is 2. The zero-order chi connectivity index (χ0) is 28.7. The van der Waals surface area contributed by atoms with Crippen LogP contribution >= 0.6 is 11.6 Å². The van der Waals surface area contributed by atoms with E-state index in [1.54, 1.807) is 0 Å². The van der Waals surface area contributed by atoms with E-state index in [1.165, 1.54) is 28.5 Å². The highest BCUT2D eigenvalue weighted by atomic mass is 35.5. The van der Waals surface area contributed by atoms with Gasteiger partial charge in [-0.1, -0.05) is 41.9 Å². The molecule has 5 aromatic rings. The Hall–Kier alpha value is -3.77. The molecule has 0 unspecified atom stereocenters. The van der Waals surface area contributed by atoms with Crippen LogP contribution in [0, 0.1) is 5.92 Å². The van der Waals surface area contributed by atoms with E-state index in [1.807, 2.05) is 30.3 Å². The van der Waals surface area contributed by atoms with E-state index < -0.39 is 0 Å². The first-order chi connectivity index (χ1) is 20.6. The number of hydrogen-bond donors (Lipinski definition) is 2. The summed E-state index contributed by atoms with van der Waals surface area (Å²) in [4.78, 5) is 26.7. The monoisotopic (exact) mass is 582 g/mol. The van der Waals surface area contributed by atoms with Crippen molar-refractivity contribution in [2.75, 3.05) is 19.7 Å². The number of hydrogen-bond acceptors (Lipinski definition) is 3. The average Bonchev–Trinajstić information content (AvgIpc) is 3.63. The molecular formula is C35H39ClN4O2. The van der Waals surface area contributed by atoms with Crippen LogP contribution in [-0.4, -0.2) is 45.5 Å². The highest BCUT2D eigenvalue weighted by Crippen LogP contribution is 2.26. The van der Waals surface area contributed by atoms with Crippen LogP contribution in [0.4, 0.5) is 0 Å². The topological polar surface area (TPSA) is 74.0 Å². The molecular weight excluding hydrogens is 544 g/mol. The molecule has 2 aromatic heterocycles. The number of aromatic amines is 2. The molecule has 3 heterocycles. The fraction of sp³-hybridized carbons (Fsp3) is 0.371. The molecule has 0 atom stereocenters. The normalized spacial score (nSPS) is 14.2. The summed E-state index contributed by atoms with van der Waals surface area (Å²) >= 11 is 5.95. The van der Waals surface area contributed by atoms with Crippen molar-refractivity contribution in [3.8, 4) is 5.75 Å². The molecule has 0 saturated carbocycles. The number of nitrogens with zero attached hydrogens (tertiary/aromatic N) is 2. The number of piperidine rings is 1. The number of aryl methyl sites for hydroxylation is 2. The second kappa shape index (κ2) is 13.5. The Labute approximate surface area is 252 Å². The van der Waals surface area contributed by atoms with Gasteiger partial charge in [0.1, 0.15) is 11.6 Å². The second-order valence-corrected chi connectivity index (χ2v) is 11.9. The van der Waals surface area contributed by atoms with Crippen LogP contribution in [0.25, 0.3) is 21.9 Å². The fourth-order valence-corrected chi connectivity index (χ4v) is 6.36. The number of amides is 1. The van der Waals surface area contributed by atoms with Crippen LogP contribution in [0.2, 0.25) is 5.02 Å². The maximum Gasteiger partial charge on any atom is 0.222 e. The Kier molecular flexibility index (Phi) is 9.09. The lowest BCUT2D eigenvalue weighted by atomic mass is 9.90. The van der Waals surface area contributed by atoms with E-state index in [0.29, 0.717) is 29.9 Å². The van der Waals surface area contributed by atoms with Gasteiger partial charge in [0.15, 0.2) is 0 Å². The standard InChI is InChI=1S/C35H39ClN4O2/c36-28-14-16-29(17-15-28)42-23-20-33-38-32-12-4-8-26(35(32)39-33)7-3-6-25-18-21-40(22-19-25)34(41)13-5-9-27-24-37-31-11-2-1-10-30(27)31/h1-2,4,8,10-12,14-17,24-25,37H,3,5-7,9,13,18-23H2,(H,38,39). The average molecular weight is 583 g/mol. The summed E-state index contributed by atoms with van der Waals surface area (Å²) in [5.41, 5.74) is 5.94. The molecule has 42 heavy (non-hydrogen) atoms. The molecule has 6 nitrogen and oxygen atoms in total. The fourth-order valence-electron chi connectivity index (χ4n) is 6.24. The molecule has 1 saturated heterocycles. The van der Waals surface area contributed by atoms with Crippen molar-refractivity contribution < 1.29 is 9.53 Å². The van der Waals surface area contributed by atoms with Crippen LogP contribution in [0.1, 0.15) is 55.5 Å². The van der Waals surface area contributed by atoms with Crippen LogP contribution < -0.4 is 4.74 Å². The molecule has 1 aliphatic heterocycles. The highest BCUT2D eigenvalue weighted by molar-refractivity contribution is 6.30. The summed E-state index contributed by atoms with van der Waals surface area (Å²) in [7, 11) is 0. The number of benzene rings is 3. The molecule has 0 aliphatic carbocycles. The van der Waals surface area contributed by atoms with Crippen molar-refractivity contribution >= 4 is 39.4 Å². The summed E-state index contributed by atoms with van der Waals surface area (Å²) in [6, 6.07) is 22.2. The molecule has 7 heteroatoms. The van der Waals surface area contributed by atoms with E-state index in [9.17, 15) is 4.79 Å². The van der Waals surface area contributed by atoms with Crippen molar-refractivity contribution in [1.82, 2.24) is 19.9 Å². The highest BCUT2D eigenvalue weighted by Gasteiger charge is 2.22. The second-order valence-electron chi connectivity index (χ2n) is 11.5. The van der Waals surface area contributed by atoms with Crippen molar-refractivity contribution in [2.24, 2.45) is 5.92 Å². The Bertz CT molecular complexity index is 1620. The number of carbonyl (C=O) groups excluding carboxylic acids is 1. The Morgan fingerprint density at radius 2 is 1.69 bits per heavy atom. The number of ether oxygens (including phenoxy) is 1. The molecule has 1 aliphatic rings. The SMILES string of the molecule is O=C(CCCc1c[nH]c2ccccc12)N1CCC(CCCc2cccc3[nH]c(CCOc4ccc(Cl)cc4)nc23)CC1. The summed E-state index contributed by atoms with van der Waals surface area (Å²) in [6.45, 7) is 2.35. The number of imidazole rings is 1. The van der Waals surface area contributed by atoms with Gasteiger partial charge in [-0.2, -0.15) is 0 Å². The lowest BCUT2D eigenvalue weighted by Crippen LogP contribution is -2.38. The van der Waals surface area contributed by atoms with Crippen LogP contribution in [0.5, 0.6) is 5.75 Å². The van der Waals surface area contributed by atoms with Gasteiger partial charge in [0, 0.05) is 48.1 Å². The van der Waals surface area contributed by atoms with Crippen LogP contribution in [0.15, 0.2) is 72.9 Å². The van der Waals surface area contributed by atoms with E-state index in [0.717, 1.165) is 80.6 Å². The molecule has 0 bridgehead atoms. The predicted molar refractivity (Wildman–Crippen MR) is 170 cm³/mol. The van der Waals surface area contributed by atoms with E-state index in [4.69, 9.17) is 21.3 Å². The zero-order valence-corrected chi connectivity index (χ0v) is 24.8. The Morgan fingerprint density at radius 3 is 2.55 bits per heavy atom. The number of halogens is 1. The molecule has 6 rings (SSSR count). The van der Waals surface area contributed by atoms with Crippen molar-refractivity contribution in [3.05, 3.63) is 94.9 Å². The van der Waals surface area contributed by atoms with Gasteiger partial charge in [-0.25, -0.2) is 4.98 Å². The predicted octanol–water partition coefficient (Wildman–Crippen LogP) is 7.90. The molecule has 0 radical (unpaired) electrons. The largest absolute Gasteiger partial charge is 0.493 e. The first-order valence-corrected chi connectivity index (χ1v) is 15.7. The maximum absolute atomic E-state index is 12.9. The van der Waals surface area contributed by atoms with Gasteiger partial charge in [-0.3, -0.25) is 4.79 Å². The number of fused-ring (bicyclic) bond motifs is 2. The number of H-pyrrole nitrogens is 2. The number of aromatic nitrogens is 3. The Morgan fingerprint density at radius 1 is 0.905 bits per heavy atom. The summed E-state index contributed by atoms with van der Waals surface area (Å²) < 4.78 is 5.85. The third-order valence-electron chi connectivity index (χ3n) is 8.60. The van der Waals surface area contributed by atoms with Crippen molar-refractivity contribution in [3.63, 3.8) is 0 Å². The van der Waals surface area contributed by atoms with E-state index >= 15 is 0 Å². The number of carbonyl (C=O) groups is 1. The quantitative estimate of drug-likeness (QED) is 0.157. The molecule has 1 fully saturated rings. The van der Waals surface area contributed by atoms with Gasteiger partial charge in [-0.05, 0) is 98.4 Å². The van der Waals surface area contributed by atoms with Gasteiger partial charge in [0.2, 0.25) is 5.91 Å². The molecule has 0 spiro atoms. The van der Waals surface area contributed by atoms with Gasteiger partial charge in [0.25, 0.3) is 0 Å². The summed E-state index contributed by atoms with van der Waals surface area (Å²) in [5, 5.41) is 1.98. The molecule has 2 N–H and O–H groups in total. The minimum absolute atomic E-state index is 0.313. The maximum atomic E-state index is 12.9. The zero-order valence-electron chi connectivity index (χ0n) is 24.1. The molecule has 218 valence electrons. The third kappa shape index (κ3) is 6.99. The minimum atomic E-state index is 0.313. The van der Waals surface area contributed by atoms with E-state index in [2.05, 4.69) is 57.5 Å². The molecule has 3 aromatic carbocycles. The minimum Gasteiger partial charge on any atom is -0.493 e. The van der Waals surface area contributed by atoms with Gasteiger partial charge >= 0.3 is 0 Å². The van der Waals surface area contributed by atoms with Crippen molar-refractivity contribution in [2.45, 2.75) is 57.8 Å². The third-order valence-corrected chi connectivity index (χ3v) is 8.86. The number of para-hydroxylation sites is 2. The van der Waals surface area contributed by atoms with Gasteiger partial charge in [-0.15, -0.1) is 0 Å². The lowest BCUT2D eigenvalue weighted by Gasteiger charge is -2.32. The van der Waals surface area contributed by atoms with Gasteiger partial charge < -0.3 is 19.6 Å². The van der Waals surface area contributed by atoms with Crippen LogP contribution in [0.3, 0.4) is 0 Å². The number of rotatable bonds is 12. The van der Waals surface area contributed by atoms with Crippen molar-refractivity contribution in [1.29, 1.82) is 0 Å². The van der Waals surface area contributed by atoms with Crippen LogP contribution in [-0.2, 0) is 24.1 Å². The summed E-state index contributed by atoms with van der Waals surface area (Å²) in [6.07, 6.45) is 10.9.